The maximum atomic E-state index is 8.97. The molecule has 0 aliphatic carbocycles. The Bertz CT molecular complexity index is 341. The van der Waals surface area contributed by atoms with Gasteiger partial charge in [0.1, 0.15) is 0 Å². The Morgan fingerprint density at radius 1 is 1.56 bits per heavy atom. The Hall–Kier alpha value is -1.29. The van der Waals surface area contributed by atoms with Gasteiger partial charge in [0.05, 0.1) is 5.69 Å². The van der Waals surface area contributed by atoms with E-state index in [1.807, 2.05) is 12.1 Å². The van der Waals surface area contributed by atoms with E-state index in [0.29, 0.717) is 5.92 Å². The van der Waals surface area contributed by atoms with Crippen molar-refractivity contribution in [3.05, 3.63) is 18.3 Å². The van der Waals surface area contributed by atoms with E-state index in [0.717, 1.165) is 37.4 Å². The molecule has 2 rings (SSSR count). The van der Waals surface area contributed by atoms with Crippen molar-refractivity contribution in [1.82, 2.24) is 4.98 Å². The largest absolute Gasteiger partial charge is 0.396 e. The molecule has 1 aliphatic heterocycles. The predicted octanol–water partition coefficient (Wildman–Crippen LogP) is 1.26. The van der Waals surface area contributed by atoms with Gasteiger partial charge in [-0.2, -0.15) is 0 Å². The highest BCUT2D eigenvalue weighted by Gasteiger charge is 2.21. The molecule has 4 heteroatoms. The third-order valence-electron chi connectivity index (χ3n) is 3.17. The lowest BCUT2D eigenvalue weighted by Gasteiger charge is -2.33. The number of nitrogens with two attached hydrogens (primary N) is 1. The summed E-state index contributed by atoms with van der Waals surface area (Å²) in [6.45, 7) is 2.25. The first-order valence-corrected chi connectivity index (χ1v) is 5.87. The zero-order chi connectivity index (χ0) is 11.4. The van der Waals surface area contributed by atoms with E-state index >= 15 is 0 Å². The molecule has 0 radical (unpaired) electrons. The van der Waals surface area contributed by atoms with E-state index in [1.54, 1.807) is 6.20 Å². The summed E-state index contributed by atoms with van der Waals surface area (Å²) in [5.74, 6) is 1.46. The number of pyridine rings is 1. The number of hydrogen-bond acceptors (Lipinski definition) is 4. The number of nitrogens with zero attached hydrogens (tertiary/aromatic N) is 2. The third-order valence-corrected chi connectivity index (χ3v) is 3.17. The number of nitrogen functional groups attached to an aromatic ring is 1. The molecule has 4 nitrogen and oxygen atoms in total. The maximum Gasteiger partial charge on any atom is 0.151 e. The van der Waals surface area contributed by atoms with Crippen LogP contribution in [0, 0.1) is 5.92 Å². The lowest BCUT2D eigenvalue weighted by atomic mass is 9.95. The van der Waals surface area contributed by atoms with Gasteiger partial charge in [0.2, 0.25) is 0 Å². The van der Waals surface area contributed by atoms with E-state index in [9.17, 15) is 0 Å². The van der Waals surface area contributed by atoms with E-state index in [-0.39, 0.29) is 6.61 Å². The molecule has 1 unspecified atom stereocenters. The quantitative estimate of drug-likeness (QED) is 0.806. The van der Waals surface area contributed by atoms with Crippen LogP contribution < -0.4 is 10.6 Å². The zero-order valence-corrected chi connectivity index (χ0v) is 9.47. The second kappa shape index (κ2) is 5.16. The van der Waals surface area contributed by atoms with Crippen LogP contribution in [0.1, 0.15) is 19.3 Å². The van der Waals surface area contributed by atoms with Crippen molar-refractivity contribution in [2.45, 2.75) is 19.3 Å². The standard InChI is InChI=1S/C12H19N3O/c13-11-4-1-6-14-12(11)15-7-2-3-10(9-15)5-8-16/h1,4,6,10,16H,2-3,5,7-9,13H2. The summed E-state index contributed by atoms with van der Waals surface area (Å²) in [5.41, 5.74) is 6.66. The molecular weight excluding hydrogens is 202 g/mol. The van der Waals surface area contributed by atoms with Gasteiger partial charge in [0, 0.05) is 25.9 Å². The van der Waals surface area contributed by atoms with Gasteiger partial charge in [-0.25, -0.2) is 4.98 Å². The summed E-state index contributed by atoms with van der Waals surface area (Å²) in [4.78, 5) is 6.57. The maximum absolute atomic E-state index is 8.97. The molecule has 1 aromatic heterocycles. The monoisotopic (exact) mass is 221 g/mol. The van der Waals surface area contributed by atoms with Gasteiger partial charge in [0.25, 0.3) is 0 Å². The normalized spacial score (nSPS) is 21.1. The van der Waals surface area contributed by atoms with Crippen molar-refractivity contribution in [3.63, 3.8) is 0 Å². The number of aromatic nitrogens is 1. The van der Waals surface area contributed by atoms with Gasteiger partial charge in [-0.15, -0.1) is 0 Å². The molecule has 0 spiro atoms. The van der Waals surface area contributed by atoms with E-state index in [1.165, 1.54) is 6.42 Å². The van der Waals surface area contributed by atoms with E-state index < -0.39 is 0 Å². The molecule has 16 heavy (non-hydrogen) atoms. The zero-order valence-electron chi connectivity index (χ0n) is 9.47. The van der Waals surface area contributed by atoms with Crippen molar-refractivity contribution in [2.75, 3.05) is 30.3 Å². The van der Waals surface area contributed by atoms with E-state index in [4.69, 9.17) is 10.8 Å². The SMILES string of the molecule is Nc1cccnc1N1CCCC(CCO)C1. The van der Waals surface area contributed by atoms with Crippen LogP contribution in [0.25, 0.3) is 0 Å². The average molecular weight is 221 g/mol. The number of anilines is 2. The summed E-state index contributed by atoms with van der Waals surface area (Å²) < 4.78 is 0. The lowest BCUT2D eigenvalue weighted by molar-refractivity contribution is 0.244. The molecule has 2 heterocycles. The third kappa shape index (κ3) is 2.44. The number of aliphatic hydroxyl groups is 1. The lowest BCUT2D eigenvalue weighted by Crippen LogP contribution is -2.36. The van der Waals surface area contributed by atoms with Crippen LogP contribution in [-0.2, 0) is 0 Å². The molecule has 0 bridgehead atoms. The van der Waals surface area contributed by atoms with Crippen molar-refractivity contribution in [3.8, 4) is 0 Å². The first-order valence-electron chi connectivity index (χ1n) is 5.87. The summed E-state index contributed by atoms with van der Waals surface area (Å²) in [6, 6.07) is 3.74. The molecule has 1 fully saturated rings. The number of rotatable bonds is 3. The molecule has 0 aromatic carbocycles. The van der Waals surface area contributed by atoms with Gasteiger partial charge < -0.3 is 15.7 Å². The second-order valence-electron chi connectivity index (χ2n) is 4.38. The van der Waals surface area contributed by atoms with Gasteiger partial charge >= 0.3 is 0 Å². The molecule has 3 N–H and O–H groups in total. The fraction of sp³-hybridized carbons (Fsp3) is 0.583. The Morgan fingerprint density at radius 3 is 3.19 bits per heavy atom. The van der Waals surface area contributed by atoms with Gasteiger partial charge in [0.15, 0.2) is 5.82 Å². The minimum absolute atomic E-state index is 0.274. The minimum atomic E-state index is 0.274. The predicted molar refractivity (Wildman–Crippen MR) is 65.3 cm³/mol. The van der Waals surface area contributed by atoms with Crippen LogP contribution in [-0.4, -0.2) is 29.8 Å². The molecule has 0 amide bonds. The Kier molecular flexibility index (Phi) is 3.62. The number of hydrogen-bond donors (Lipinski definition) is 2. The van der Waals surface area contributed by atoms with Gasteiger partial charge in [-0.05, 0) is 37.3 Å². The van der Waals surface area contributed by atoms with Crippen LogP contribution in [0.3, 0.4) is 0 Å². The van der Waals surface area contributed by atoms with E-state index in [2.05, 4.69) is 9.88 Å². The Morgan fingerprint density at radius 2 is 2.44 bits per heavy atom. The molecule has 0 saturated carbocycles. The topological polar surface area (TPSA) is 62.4 Å². The van der Waals surface area contributed by atoms with Crippen LogP contribution in [0.2, 0.25) is 0 Å². The van der Waals surface area contributed by atoms with Gasteiger partial charge in [-0.3, -0.25) is 0 Å². The highest BCUT2D eigenvalue weighted by Crippen LogP contribution is 2.26. The van der Waals surface area contributed by atoms with Crippen LogP contribution in [0.5, 0.6) is 0 Å². The van der Waals surface area contributed by atoms with Crippen LogP contribution in [0.4, 0.5) is 11.5 Å². The molecular formula is C12H19N3O. The number of piperidine rings is 1. The summed E-state index contributed by atoms with van der Waals surface area (Å²) in [7, 11) is 0. The van der Waals surface area contributed by atoms with Crippen LogP contribution >= 0.6 is 0 Å². The Balaban J connectivity index is 2.07. The highest BCUT2D eigenvalue weighted by molar-refractivity contribution is 5.62. The smallest absolute Gasteiger partial charge is 0.151 e. The van der Waals surface area contributed by atoms with Gasteiger partial charge in [-0.1, -0.05) is 0 Å². The van der Waals surface area contributed by atoms with Crippen molar-refractivity contribution < 1.29 is 5.11 Å². The molecule has 1 aromatic rings. The molecule has 88 valence electrons. The van der Waals surface area contributed by atoms with Crippen molar-refractivity contribution in [2.24, 2.45) is 5.92 Å². The fourth-order valence-corrected chi connectivity index (χ4v) is 2.35. The summed E-state index contributed by atoms with van der Waals surface area (Å²) in [5, 5.41) is 8.97. The molecule has 1 saturated heterocycles. The second-order valence-corrected chi connectivity index (χ2v) is 4.38. The molecule has 1 aliphatic rings. The minimum Gasteiger partial charge on any atom is -0.396 e. The summed E-state index contributed by atoms with van der Waals surface area (Å²) >= 11 is 0. The first-order chi connectivity index (χ1) is 7.81. The van der Waals surface area contributed by atoms with Crippen LogP contribution in [0.15, 0.2) is 18.3 Å². The average Bonchev–Trinajstić information content (AvgIpc) is 2.30. The number of aliphatic hydroxyl groups excluding tert-OH is 1. The van der Waals surface area contributed by atoms with Crippen molar-refractivity contribution in [1.29, 1.82) is 0 Å². The Labute approximate surface area is 96.1 Å². The van der Waals surface area contributed by atoms with Crippen molar-refractivity contribution >= 4 is 11.5 Å². The molecule has 1 atom stereocenters. The first kappa shape index (κ1) is 11.2. The fourth-order valence-electron chi connectivity index (χ4n) is 2.35. The summed E-state index contributed by atoms with van der Waals surface area (Å²) in [6.07, 6.45) is 5.01. The highest BCUT2D eigenvalue weighted by atomic mass is 16.3.